The van der Waals surface area contributed by atoms with Crippen LogP contribution < -0.4 is 0 Å². The van der Waals surface area contributed by atoms with E-state index >= 15 is 0 Å². The van der Waals surface area contributed by atoms with Crippen molar-refractivity contribution in [1.29, 1.82) is 0 Å². The third-order valence-electron chi connectivity index (χ3n) is 2.20. The van der Waals surface area contributed by atoms with Gasteiger partial charge in [-0.2, -0.15) is 0 Å². The first-order valence-corrected chi connectivity index (χ1v) is 7.08. The Kier molecular flexibility index (Phi) is 4.83. The Bertz CT molecular complexity index is 520. The summed E-state index contributed by atoms with van der Waals surface area (Å²) in [5.41, 5.74) is -0.394. The molecule has 0 aliphatic carbocycles. The van der Waals surface area contributed by atoms with Crippen LogP contribution >= 0.6 is 7.60 Å². The molecule has 1 aromatic rings. The van der Waals surface area contributed by atoms with E-state index in [2.05, 4.69) is 4.52 Å². The van der Waals surface area contributed by atoms with E-state index in [1.165, 1.54) is 0 Å². The molecule has 0 heterocycles. The summed E-state index contributed by atoms with van der Waals surface area (Å²) in [4.78, 5) is 31.2. The zero-order valence-corrected chi connectivity index (χ0v) is 11.0. The van der Waals surface area contributed by atoms with E-state index in [0.29, 0.717) is 0 Å². The van der Waals surface area contributed by atoms with Crippen LogP contribution in [0.15, 0.2) is 18.2 Å². The standard InChI is InChI=1S/C11H13O7P/c1-2-18-19(16,17)6-7-3-8(10(12)13)5-9(4-7)11(14)15/h3-5H,2,6H2,1H3,(H,12,13)(H,14,15)(H,16,17). The predicted octanol–water partition coefficient (Wildman–Crippen LogP) is 1.80. The average molecular weight is 288 g/mol. The van der Waals surface area contributed by atoms with E-state index in [1.807, 2.05) is 0 Å². The number of hydrogen-bond donors (Lipinski definition) is 3. The summed E-state index contributed by atoms with van der Waals surface area (Å²) in [6, 6.07) is 3.28. The Labute approximate surface area is 109 Å². The highest BCUT2D eigenvalue weighted by molar-refractivity contribution is 7.51. The van der Waals surface area contributed by atoms with E-state index in [9.17, 15) is 19.0 Å². The predicted molar refractivity (Wildman–Crippen MR) is 65.5 cm³/mol. The molecule has 104 valence electrons. The minimum Gasteiger partial charge on any atom is -0.478 e. The van der Waals surface area contributed by atoms with Crippen LogP contribution in [-0.2, 0) is 15.3 Å². The van der Waals surface area contributed by atoms with Gasteiger partial charge >= 0.3 is 19.5 Å². The van der Waals surface area contributed by atoms with Gasteiger partial charge in [0.1, 0.15) is 0 Å². The van der Waals surface area contributed by atoms with Gasteiger partial charge in [0.25, 0.3) is 0 Å². The van der Waals surface area contributed by atoms with Crippen molar-refractivity contribution in [3.05, 3.63) is 34.9 Å². The number of hydrogen-bond acceptors (Lipinski definition) is 4. The van der Waals surface area contributed by atoms with Crippen molar-refractivity contribution in [2.75, 3.05) is 6.61 Å². The first-order valence-electron chi connectivity index (χ1n) is 5.32. The molecule has 1 aromatic carbocycles. The molecule has 0 aliphatic heterocycles. The fourth-order valence-corrected chi connectivity index (χ4v) is 2.65. The van der Waals surface area contributed by atoms with Gasteiger partial charge in [-0.15, -0.1) is 0 Å². The molecular weight excluding hydrogens is 275 g/mol. The van der Waals surface area contributed by atoms with Gasteiger partial charge in [0.2, 0.25) is 0 Å². The van der Waals surface area contributed by atoms with Gasteiger partial charge in [0.15, 0.2) is 0 Å². The second-order valence-corrected chi connectivity index (χ2v) is 5.59. The molecule has 1 unspecified atom stereocenters. The molecule has 0 amide bonds. The molecule has 19 heavy (non-hydrogen) atoms. The second kappa shape index (κ2) is 5.97. The number of carboxylic acid groups (broad SMARTS) is 2. The molecule has 1 rings (SSSR count). The van der Waals surface area contributed by atoms with Crippen LogP contribution in [0.5, 0.6) is 0 Å². The highest BCUT2D eigenvalue weighted by Crippen LogP contribution is 2.45. The van der Waals surface area contributed by atoms with E-state index in [4.69, 9.17) is 10.2 Å². The van der Waals surface area contributed by atoms with E-state index in [1.54, 1.807) is 6.92 Å². The van der Waals surface area contributed by atoms with Gasteiger partial charge in [0.05, 0.1) is 23.9 Å². The Hall–Kier alpha value is -1.69. The molecule has 3 N–H and O–H groups in total. The minimum absolute atomic E-state index is 0.0260. The summed E-state index contributed by atoms with van der Waals surface area (Å²) in [7, 11) is -3.90. The second-order valence-electron chi connectivity index (χ2n) is 3.74. The molecule has 1 atom stereocenters. The van der Waals surface area contributed by atoms with Crippen molar-refractivity contribution in [2.24, 2.45) is 0 Å². The fraction of sp³-hybridized carbons (Fsp3) is 0.273. The maximum atomic E-state index is 11.6. The largest absolute Gasteiger partial charge is 0.478 e. The lowest BCUT2D eigenvalue weighted by atomic mass is 10.1. The van der Waals surface area contributed by atoms with Gasteiger partial charge in [-0.25, -0.2) is 9.59 Å². The number of carboxylic acids is 2. The maximum absolute atomic E-state index is 11.6. The minimum atomic E-state index is -3.90. The van der Waals surface area contributed by atoms with Crippen molar-refractivity contribution < 1.29 is 33.8 Å². The zero-order valence-electron chi connectivity index (χ0n) is 10.1. The molecule has 0 saturated carbocycles. The monoisotopic (exact) mass is 288 g/mol. The van der Waals surface area contributed by atoms with Crippen LogP contribution in [0, 0.1) is 0 Å². The van der Waals surface area contributed by atoms with Crippen molar-refractivity contribution in [2.45, 2.75) is 13.1 Å². The number of aromatic carboxylic acids is 2. The number of carbonyl (C=O) groups is 2. The molecule has 0 aromatic heterocycles. The lowest BCUT2D eigenvalue weighted by Crippen LogP contribution is -2.05. The SMILES string of the molecule is CCOP(=O)(O)Cc1cc(C(=O)O)cc(C(=O)O)c1. The van der Waals surface area contributed by atoms with E-state index in [0.717, 1.165) is 18.2 Å². The molecule has 0 aliphatic rings. The van der Waals surface area contributed by atoms with Crippen LogP contribution in [-0.4, -0.2) is 33.7 Å². The molecule has 0 fully saturated rings. The van der Waals surface area contributed by atoms with Gasteiger partial charge in [-0.3, -0.25) is 4.57 Å². The van der Waals surface area contributed by atoms with Gasteiger partial charge in [0, 0.05) is 0 Å². The van der Waals surface area contributed by atoms with Crippen LogP contribution in [0.25, 0.3) is 0 Å². The smallest absolute Gasteiger partial charge is 0.335 e. The summed E-state index contributed by atoms with van der Waals surface area (Å²) in [5, 5.41) is 17.7. The zero-order chi connectivity index (χ0) is 14.6. The molecule has 0 bridgehead atoms. The van der Waals surface area contributed by atoms with Crippen molar-refractivity contribution in [3.63, 3.8) is 0 Å². The summed E-state index contributed by atoms with van der Waals surface area (Å²) in [5.74, 6) is -2.62. The Balaban J connectivity index is 3.17. The van der Waals surface area contributed by atoms with Crippen LogP contribution in [0.1, 0.15) is 33.2 Å². The van der Waals surface area contributed by atoms with E-state index in [-0.39, 0.29) is 23.3 Å². The quantitative estimate of drug-likeness (QED) is 0.682. The number of rotatable bonds is 6. The Morgan fingerprint density at radius 1 is 1.16 bits per heavy atom. The third kappa shape index (κ3) is 4.48. The third-order valence-corrected chi connectivity index (χ3v) is 3.63. The lowest BCUT2D eigenvalue weighted by molar-refractivity contribution is 0.0696. The van der Waals surface area contributed by atoms with Crippen LogP contribution in [0.3, 0.4) is 0 Å². The van der Waals surface area contributed by atoms with Crippen LogP contribution in [0.4, 0.5) is 0 Å². The van der Waals surface area contributed by atoms with Gasteiger partial charge < -0.3 is 19.6 Å². The van der Waals surface area contributed by atoms with Crippen molar-refractivity contribution in [1.82, 2.24) is 0 Å². The molecule has 7 nitrogen and oxygen atoms in total. The van der Waals surface area contributed by atoms with Crippen LogP contribution in [0.2, 0.25) is 0 Å². The normalized spacial score (nSPS) is 13.8. The first-order chi connectivity index (χ1) is 8.75. The Morgan fingerprint density at radius 2 is 1.63 bits per heavy atom. The number of benzene rings is 1. The summed E-state index contributed by atoms with van der Waals surface area (Å²) in [6.45, 7) is 1.57. The maximum Gasteiger partial charge on any atom is 0.335 e. The summed E-state index contributed by atoms with van der Waals surface area (Å²) < 4.78 is 16.2. The summed E-state index contributed by atoms with van der Waals surface area (Å²) >= 11 is 0. The fourth-order valence-electron chi connectivity index (χ4n) is 1.51. The first kappa shape index (κ1) is 15.4. The molecule has 0 saturated heterocycles. The topological polar surface area (TPSA) is 121 Å². The molecule has 8 heteroatoms. The van der Waals surface area contributed by atoms with Crippen molar-refractivity contribution in [3.8, 4) is 0 Å². The van der Waals surface area contributed by atoms with E-state index < -0.39 is 25.7 Å². The Morgan fingerprint density at radius 3 is 2.00 bits per heavy atom. The van der Waals surface area contributed by atoms with Crippen molar-refractivity contribution >= 4 is 19.5 Å². The molecular formula is C11H13O7P. The highest BCUT2D eigenvalue weighted by atomic mass is 31.2. The molecule has 0 spiro atoms. The highest BCUT2D eigenvalue weighted by Gasteiger charge is 2.21. The lowest BCUT2D eigenvalue weighted by Gasteiger charge is -2.11. The average Bonchev–Trinajstić information content (AvgIpc) is 2.27. The van der Waals surface area contributed by atoms with Gasteiger partial charge in [-0.1, -0.05) is 0 Å². The summed E-state index contributed by atoms with van der Waals surface area (Å²) in [6.07, 6.45) is -0.442. The van der Waals surface area contributed by atoms with Gasteiger partial charge in [-0.05, 0) is 30.7 Å². The molecule has 0 radical (unpaired) electrons.